The Labute approximate surface area is 108 Å². The first-order valence-electron chi connectivity index (χ1n) is 8.18. The number of hydrogen-bond acceptors (Lipinski definition) is 1. The largest absolute Gasteiger partial charge is 0.314 e. The summed E-state index contributed by atoms with van der Waals surface area (Å²) in [5.41, 5.74) is 0. The number of hydrogen-bond donors (Lipinski definition) is 1. The summed E-state index contributed by atoms with van der Waals surface area (Å²) >= 11 is 0. The van der Waals surface area contributed by atoms with Crippen LogP contribution in [-0.4, -0.2) is 12.6 Å². The van der Waals surface area contributed by atoms with Gasteiger partial charge < -0.3 is 5.32 Å². The average Bonchev–Trinajstić information content (AvgIpc) is 2.79. The van der Waals surface area contributed by atoms with Crippen LogP contribution >= 0.6 is 0 Å². The molecule has 0 aromatic carbocycles. The van der Waals surface area contributed by atoms with E-state index in [0.717, 1.165) is 12.0 Å². The van der Waals surface area contributed by atoms with Crippen LogP contribution in [0.2, 0.25) is 0 Å². The van der Waals surface area contributed by atoms with Crippen LogP contribution in [0.1, 0.15) is 83.5 Å². The molecule has 100 valence electrons. The topological polar surface area (TPSA) is 12.0 Å². The maximum Gasteiger partial charge on any atom is 0.00670 e. The molecule has 1 nitrogen and oxygen atoms in total. The molecule has 2 rings (SSSR count). The summed E-state index contributed by atoms with van der Waals surface area (Å²) in [7, 11) is 0. The second-order valence-electron chi connectivity index (χ2n) is 6.29. The van der Waals surface area contributed by atoms with Gasteiger partial charge in [-0.2, -0.15) is 0 Å². The number of nitrogens with one attached hydrogen (secondary N) is 1. The summed E-state index contributed by atoms with van der Waals surface area (Å²) in [6.45, 7) is 1.28. The van der Waals surface area contributed by atoms with E-state index in [1.54, 1.807) is 0 Å². The standard InChI is InChI=1S/C16H31N/c1-2-4-12-16(13-5-3-1)17-14-8-11-15-9-6-7-10-15/h15-17H,1-14H2. The molecule has 2 fully saturated rings. The van der Waals surface area contributed by atoms with Gasteiger partial charge in [-0.3, -0.25) is 0 Å². The Kier molecular flexibility index (Phi) is 6.41. The van der Waals surface area contributed by atoms with Gasteiger partial charge in [0.05, 0.1) is 0 Å². The van der Waals surface area contributed by atoms with Crippen molar-refractivity contribution in [2.24, 2.45) is 5.92 Å². The van der Waals surface area contributed by atoms with E-state index in [4.69, 9.17) is 0 Å². The third kappa shape index (κ3) is 5.42. The monoisotopic (exact) mass is 237 g/mol. The summed E-state index contributed by atoms with van der Waals surface area (Å²) in [4.78, 5) is 0. The average molecular weight is 237 g/mol. The lowest BCUT2D eigenvalue weighted by molar-refractivity contribution is 0.377. The van der Waals surface area contributed by atoms with Crippen molar-refractivity contribution in [2.45, 2.75) is 89.5 Å². The molecular weight excluding hydrogens is 206 g/mol. The van der Waals surface area contributed by atoms with Crippen LogP contribution in [0.15, 0.2) is 0 Å². The first kappa shape index (κ1) is 13.4. The maximum atomic E-state index is 3.81. The van der Waals surface area contributed by atoms with Crippen molar-refractivity contribution in [3.8, 4) is 0 Å². The number of rotatable bonds is 5. The van der Waals surface area contributed by atoms with Gasteiger partial charge in [-0.25, -0.2) is 0 Å². The highest BCUT2D eigenvalue weighted by Gasteiger charge is 2.15. The molecule has 0 saturated heterocycles. The molecule has 0 aromatic rings. The van der Waals surface area contributed by atoms with E-state index in [0.29, 0.717) is 0 Å². The fourth-order valence-electron chi connectivity index (χ4n) is 3.66. The smallest absolute Gasteiger partial charge is 0.00670 e. The summed E-state index contributed by atoms with van der Waals surface area (Å²) in [5, 5.41) is 3.81. The van der Waals surface area contributed by atoms with Gasteiger partial charge in [-0.15, -0.1) is 0 Å². The second kappa shape index (κ2) is 8.13. The van der Waals surface area contributed by atoms with E-state index in [9.17, 15) is 0 Å². The molecule has 0 unspecified atom stereocenters. The second-order valence-corrected chi connectivity index (χ2v) is 6.29. The molecule has 0 amide bonds. The lowest BCUT2D eigenvalue weighted by Gasteiger charge is -2.21. The first-order valence-corrected chi connectivity index (χ1v) is 8.18. The molecule has 0 heterocycles. The zero-order valence-corrected chi connectivity index (χ0v) is 11.6. The van der Waals surface area contributed by atoms with Crippen LogP contribution < -0.4 is 5.32 Å². The Morgan fingerprint density at radius 3 is 2.00 bits per heavy atom. The molecule has 0 aliphatic heterocycles. The van der Waals surface area contributed by atoms with Gasteiger partial charge >= 0.3 is 0 Å². The highest BCUT2D eigenvalue weighted by Crippen LogP contribution is 2.28. The van der Waals surface area contributed by atoms with Gasteiger partial charge in [0.25, 0.3) is 0 Å². The lowest BCUT2D eigenvalue weighted by atomic mass is 9.96. The molecule has 1 N–H and O–H groups in total. The van der Waals surface area contributed by atoms with Crippen LogP contribution in [0, 0.1) is 5.92 Å². The lowest BCUT2D eigenvalue weighted by Crippen LogP contribution is -2.30. The summed E-state index contributed by atoms with van der Waals surface area (Å²) in [6.07, 6.45) is 19.2. The van der Waals surface area contributed by atoms with Gasteiger partial charge in [-0.05, 0) is 38.1 Å². The van der Waals surface area contributed by atoms with Crippen molar-refractivity contribution in [3.05, 3.63) is 0 Å². The highest BCUT2D eigenvalue weighted by molar-refractivity contribution is 4.71. The fraction of sp³-hybridized carbons (Fsp3) is 1.00. The van der Waals surface area contributed by atoms with Crippen molar-refractivity contribution < 1.29 is 0 Å². The Morgan fingerprint density at radius 2 is 1.29 bits per heavy atom. The minimum Gasteiger partial charge on any atom is -0.314 e. The molecule has 0 spiro atoms. The third-order valence-electron chi connectivity index (χ3n) is 4.80. The van der Waals surface area contributed by atoms with Crippen molar-refractivity contribution >= 4 is 0 Å². The van der Waals surface area contributed by atoms with Crippen LogP contribution in [0.5, 0.6) is 0 Å². The van der Waals surface area contributed by atoms with Crippen molar-refractivity contribution in [1.29, 1.82) is 0 Å². The van der Waals surface area contributed by atoms with E-state index in [-0.39, 0.29) is 0 Å². The van der Waals surface area contributed by atoms with Crippen LogP contribution in [0.3, 0.4) is 0 Å². The van der Waals surface area contributed by atoms with Crippen molar-refractivity contribution in [3.63, 3.8) is 0 Å². The fourth-order valence-corrected chi connectivity index (χ4v) is 3.66. The quantitative estimate of drug-likeness (QED) is 0.686. The Balaban J connectivity index is 1.50. The molecule has 1 heteroatoms. The van der Waals surface area contributed by atoms with Gasteiger partial charge in [-0.1, -0.05) is 57.8 Å². The van der Waals surface area contributed by atoms with Gasteiger partial charge in [0.15, 0.2) is 0 Å². The minimum absolute atomic E-state index is 0.846. The van der Waals surface area contributed by atoms with Gasteiger partial charge in [0, 0.05) is 6.04 Å². The maximum absolute atomic E-state index is 3.81. The Hall–Kier alpha value is -0.0400. The predicted molar refractivity (Wildman–Crippen MR) is 75.3 cm³/mol. The van der Waals surface area contributed by atoms with Crippen molar-refractivity contribution in [1.82, 2.24) is 5.32 Å². The summed E-state index contributed by atoms with van der Waals surface area (Å²) < 4.78 is 0. The minimum atomic E-state index is 0.846. The molecular formula is C16H31N. The van der Waals surface area contributed by atoms with Crippen molar-refractivity contribution in [2.75, 3.05) is 6.54 Å². The van der Waals surface area contributed by atoms with Gasteiger partial charge in [0.2, 0.25) is 0 Å². The SMILES string of the molecule is C1CCCC(NCCCC2CCCC2)CCC1. The zero-order valence-electron chi connectivity index (χ0n) is 11.6. The van der Waals surface area contributed by atoms with E-state index in [2.05, 4.69) is 5.32 Å². The Morgan fingerprint density at radius 1 is 0.706 bits per heavy atom. The van der Waals surface area contributed by atoms with Crippen LogP contribution in [0.25, 0.3) is 0 Å². The van der Waals surface area contributed by atoms with E-state index in [1.165, 1.54) is 90.0 Å². The zero-order chi connectivity index (χ0) is 11.8. The van der Waals surface area contributed by atoms with Crippen LogP contribution in [-0.2, 0) is 0 Å². The van der Waals surface area contributed by atoms with Crippen LogP contribution in [0.4, 0.5) is 0 Å². The molecule has 17 heavy (non-hydrogen) atoms. The summed E-state index contributed by atoms with van der Waals surface area (Å²) in [5.74, 6) is 1.08. The molecule has 0 radical (unpaired) electrons. The van der Waals surface area contributed by atoms with E-state index >= 15 is 0 Å². The molecule has 2 saturated carbocycles. The molecule has 2 aliphatic carbocycles. The molecule has 0 bridgehead atoms. The molecule has 0 atom stereocenters. The predicted octanol–water partition coefficient (Wildman–Crippen LogP) is 4.66. The van der Waals surface area contributed by atoms with Gasteiger partial charge in [0.1, 0.15) is 0 Å². The Bertz CT molecular complexity index is 176. The first-order chi connectivity index (χ1) is 8.45. The van der Waals surface area contributed by atoms with E-state index in [1.807, 2.05) is 0 Å². The third-order valence-corrected chi connectivity index (χ3v) is 4.80. The highest BCUT2D eigenvalue weighted by atomic mass is 14.9. The molecule has 2 aliphatic rings. The van der Waals surface area contributed by atoms with E-state index < -0.39 is 0 Å². The molecule has 0 aromatic heterocycles. The summed E-state index contributed by atoms with van der Waals surface area (Å²) in [6, 6.07) is 0.846. The normalized spacial score (nSPS) is 24.7.